The van der Waals surface area contributed by atoms with Gasteiger partial charge in [0.05, 0.1) is 23.1 Å². The van der Waals surface area contributed by atoms with E-state index in [1.54, 1.807) is 31.0 Å². The van der Waals surface area contributed by atoms with Crippen molar-refractivity contribution in [2.45, 2.75) is 32.7 Å². The van der Waals surface area contributed by atoms with Crippen LogP contribution in [0.2, 0.25) is 0 Å². The molecule has 0 atom stereocenters. The molecule has 1 fully saturated rings. The van der Waals surface area contributed by atoms with Gasteiger partial charge < -0.3 is 20.5 Å². The topological polar surface area (TPSA) is 120 Å². The SMILES string of the molecule is CCOc1cc(N)c(C(=O)N2CCC(n3c(=O)c4cc(C)ccc4n(C)c3=O)CC2)cc1O. The summed E-state index contributed by atoms with van der Waals surface area (Å²) < 4.78 is 8.13. The summed E-state index contributed by atoms with van der Waals surface area (Å²) in [6, 6.07) is 7.92. The number of phenolic OH excluding ortho intramolecular Hbond substituents is 1. The van der Waals surface area contributed by atoms with Crippen LogP contribution in [-0.4, -0.2) is 44.7 Å². The van der Waals surface area contributed by atoms with E-state index in [0.717, 1.165) is 5.56 Å². The number of nitrogens with two attached hydrogens (primary N) is 1. The molecule has 1 aliphatic heterocycles. The number of carbonyl (C=O) groups is 1. The molecular formula is C24H28N4O5. The van der Waals surface area contributed by atoms with Crippen LogP contribution in [0.15, 0.2) is 39.9 Å². The van der Waals surface area contributed by atoms with Gasteiger partial charge in [-0.3, -0.25) is 18.7 Å². The van der Waals surface area contributed by atoms with Gasteiger partial charge in [0.2, 0.25) is 0 Å². The molecule has 9 heteroatoms. The maximum atomic E-state index is 13.2. The van der Waals surface area contributed by atoms with Gasteiger partial charge in [0.15, 0.2) is 11.5 Å². The zero-order chi connectivity index (χ0) is 23.9. The van der Waals surface area contributed by atoms with Crippen molar-refractivity contribution >= 4 is 22.5 Å². The van der Waals surface area contributed by atoms with E-state index in [9.17, 15) is 19.5 Å². The van der Waals surface area contributed by atoms with Crippen molar-refractivity contribution in [3.8, 4) is 11.5 Å². The first-order valence-electron chi connectivity index (χ1n) is 11.0. The van der Waals surface area contributed by atoms with Crippen molar-refractivity contribution in [3.05, 3.63) is 62.3 Å². The number of carbonyl (C=O) groups excluding carboxylic acids is 1. The number of fused-ring (bicyclic) bond motifs is 1. The maximum Gasteiger partial charge on any atom is 0.331 e. The molecule has 1 aliphatic rings. The fourth-order valence-corrected chi connectivity index (χ4v) is 4.45. The van der Waals surface area contributed by atoms with E-state index in [1.165, 1.54) is 21.3 Å². The maximum absolute atomic E-state index is 13.2. The Hall–Kier alpha value is -3.75. The van der Waals surface area contributed by atoms with Crippen LogP contribution in [0.3, 0.4) is 0 Å². The van der Waals surface area contributed by atoms with E-state index in [4.69, 9.17) is 10.5 Å². The highest BCUT2D eigenvalue weighted by atomic mass is 16.5. The standard InChI is InChI=1S/C24H28N4O5/c1-4-33-21-13-18(25)16(12-20(21)29)22(30)27-9-7-15(8-10-27)28-23(31)17-11-14(2)5-6-19(17)26(3)24(28)32/h5-6,11-13,15,29H,4,7-10,25H2,1-3H3. The molecule has 1 saturated heterocycles. The van der Waals surface area contributed by atoms with Crippen molar-refractivity contribution in [1.29, 1.82) is 0 Å². The summed E-state index contributed by atoms with van der Waals surface area (Å²) in [6.07, 6.45) is 0.919. The zero-order valence-corrected chi connectivity index (χ0v) is 19.0. The van der Waals surface area contributed by atoms with Gasteiger partial charge >= 0.3 is 5.69 Å². The molecule has 2 aromatic carbocycles. The van der Waals surface area contributed by atoms with Gasteiger partial charge in [-0.2, -0.15) is 0 Å². The second-order valence-electron chi connectivity index (χ2n) is 8.40. The van der Waals surface area contributed by atoms with Gasteiger partial charge in [0, 0.05) is 37.9 Å². The highest BCUT2D eigenvalue weighted by molar-refractivity contribution is 6.00. The van der Waals surface area contributed by atoms with E-state index < -0.39 is 0 Å². The molecular weight excluding hydrogens is 424 g/mol. The Morgan fingerprint density at radius 3 is 2.55 bits per heavy atom. The Balaban J connectivity index is 1.58. The van der Waals surface area contributed by atoms with Crippen molar-refractivity contribution in [2.75, 3.05) is 25.4 Å². The number of anilines is 1. The molecule has 33 heavy (non-hydrogen) atoms. The number of likely N-dealkylation sites (tertiary alicyclic amines) is 1. The normalized spacial score (nSPS) is 14.6. The first-order valence-corrected chi connectivity index (χ1v) is 11.0. The first-order chi connectivity index (χ1) is 15.7. The molecule has 0 saturated carbocycles. The average molecular weight is 453 g/mol. The number of nitrogens with zero attached hydrogens (tertiary/aromatic N) is 3. The zero-order valence-electron chi connectivity index (χ0n) is 19.0. The lowest BCUT2D eigenvalue weighted by molar-refractivity contribution is 0.0692. The molecule has 3 N–H and O–H groups in total. The molecule has 0 radical (unpaired) electrons. The number of rotatable bonds is 4. The van der Waals surface area contributed by atoms with Gasteiger partial charge in [-0.05, 0) is 44.9 Å². The van der Waals surface area contributed by atoms with E-state index in [1.807, 2.05) is 13.0 Å². The fraction of sp³-hybridized carbons (Fsp3) is 0.375. The lowest BCUT2D eigenvalue weighted by atomic mass is 10.0. The Bertz CT molecular complexity index is 1350. The molecule has 0 aliphatic carbocycles. The number of piperidine rings is 1. The Morgan fingerprint density at radius 1 is 1.18 bits per heavy atom. The van der Waals surface area contributed by atoms with E-state index in [2.05, 4.69) is 0 Å². The number of aromatic hydroxyl groups is 1. The molecule has 174 valence electrons. The minimum atomic E-state index is -0.359. The summed E-state index contributed by atoms with van der Waals surface area (Å²) in [5, 5.41) is 10.7. The Morgan fingerprint density at radius 2 is 1.88 bits per heavy atom. The third-order valence-electron chi connectivity index (χ3n) is 6.23. The van der Waals surface area contributed by atoms with Crippen LogP contribution in [-0.2, 0) is 7.05 Å². The highest BCUT2D eigenvalue weighted by Crippen LogP contribution is 2.32. The average Bonchev–Trinajstić information content (AvgIpc) is 2.80. The van der Waals surface area contributed by atoms with Crippen LogP contribution in [0, 0.1) is 6.92 Å². The number of aryl methyl sites for hydroxylation is 2. The van der Waals surface area contributed by atoms with Crippen LogP contribution in [0.1, 0.15) is 41.7 Å². The van der Waals surface area contributed by atoms with Crippen LogP contribution >= 0.6 is 0 Å². The number of aromatic nitrogens is 2. The van der Waals surface area contributed by atoms with E-state index >= 15 is 0 Å². The van der Waals surface area contributed by atoms with Crippen molar-refractivity contribution in [2.24, 2.45) is 7.05 Å². The molecule has 1 aromatic heterocycles. The molecule has 9 nitrogen and oxygen atoms in total. The van der Waals surface area contributed by atoms with Crippen molar-refractivity contribution < 1.29 is 14.6 Å². The fourth-order valence-electron chi connectivity index (χ4n) is 4.45. The van der Waals surface area contributed by atoms with Crippen LogP contribution in [0.25, 0.3) is 10.9 Å². The van der Waals surface area contributed by atoms with Gasteiger partial charge in [0.1, 0.15) is 0 Å². The second-order valence-corrected chi connectivity index (χ2v) is 8.40. The minimum Gasteiger partial charge on any atom is -0.504 e. The molecule has 1 amide bonds. The smallest absolute Gasteiger partial charge is 0.331 e. The van der Waals surface area contributed by atoms with E-state index in [-0.39, 0.29) is 45.9 Å². The Labute approximate surface area is 190 Å². The first kappa shape index (κ1) is 22.4. The largest absolute Gasteiger partial charge is 0.504 e. The van der Waals surface area contributed by atoms with Crippen LogP contribution in [0.5, 0.6) is 11.5 Å². The molecule has 0 unspecified atom stereocenters. The third kappa shape index (κ3) is 3.94. The minimum absolute atomic E-state index is 0.147. The number of ether oxygens (including phenoxy) is 1. The van der Waals surface area contributed by atoms with Gasteiger partial charge in [-0.25, -0.2) is 4.79 Å². The summed E-state index contributed by atoms with van der Waals surface area (Å²) in [5.74, 6) is -0.225. The molecule has 3 aromatic rings. The quantitative estimate of drug-likeness (QED) is 0.462. The lowest BCUT2D eigenvalue weighted by Crippen LogP contribution is -2.46. The molecule has 0 spiro atoms. The monoisotopic (exact) mass is 452 g/mol. The summed E-state index contributed by atoms with van der Waals surface area (Å²) in [7, 11) is 1.66. The van der Waals surface area contributed by atoms with Crippen LogP contribution in [0.4, 0.5) is 5.69 Å². The number of amides is 1. The molecule has 2 heterocycles. The summed E-state index contributed by atoms with van der Waals surface area (Å²) in [4.78, 5) is 40.8. The summed E-state index contributed by atoms with van der Waals surface area (Å²) in [6.45, 7) is 4.77. The number of benzene rings is 2. The summed E-state index contributed by atoms with van der Waals surface area (Å²) in [5.41, 5.74) is 7.34. The second kappa shape index (κ2) is 8.65. The van der Waals surface area contributed by atoms with Crippen LogP contribution < -0.4 is 21.7 Å². The number of hydrogen-bond donors (Lipinski definition) is 2. The van der Waals surface area contributed by atoms with Gasteiger partial charge in [-0.1, -0.05) is 11.6 Å². The number of nitrogen functional groups attached to an aromatic ring is 1. The summed E-state index contributed by atoms with van der Waals surface area (Å²) >= 11 is 0. The third-order valence-corrected chi connectivity index (χ3v) is 6.23. The lowest BCUT2D eigenvalue weighted by Gasteiger charge is -2.33. The van der Waals surface area contributed by atoms with Crippen molar-refractivity contribution in [1.82, 2.24) is 14.0 Å². The van der Waals surface area contributed by atoms with Crippen molar-refractivity contribution in [3.63, 3.8) is 0 Å². The Kier molecular flexibility index (Phi) is 5.88. The number of hydrogen-bond acceptors (Lipinski definition) is 6. The highest BCUT2D eigenvalue weighted by Gasteiger charge is 2.28. The predicted molar refractivity (Wildman–Crippen MR) is 126 cm³/mol. The van der Waals surface area contributed by atoms with E-state index in [0.29, 0.717) is 43.4 Å². The van der Waals surface area contributed by atoms with Gasteiger partial charge in [-0.15, -0.1) is 0 Å². The van der Waals surface area contributed by atoms with Gasteiger partial charge in [0.25, 0.3) is 11.5 Å². The molecule has 0 bridgehead atoms. The molecule has 4 rings (SSSR count). The predicted octanol–water partition coefficient (Wildman–Crippen LogP) is 2.17. The number of phenols is 1.